The van der Waals surface area contributed by atoms with Gasteiger partial charge < -0.3 is 27.5 Å². The maximum atomic E-state index is 11.2. The van der Waals surface area contributed by atoms with E-state index in [0.717, 1.165) is 37.3 Å². The molecular weight excluding hydrogens is 440 g/mol. The number of esters is 1. The van der Waals surface area contributed by atoms with Gasteiger partial charge in [0.25, 0.3) is 0 Å². The van der Waals surface area contributed by atoms with Crippen LogP contribution in [-0.4, -0.2) is 55.4 Å². The third kappa shape index (κ3) is 11.7. The van der Waals surface area contributed by atoms with Crippen molar-refractivity contribution in [1.82, 2.24) is 0 Å². The van der Waals surface area contributed by atoms with Gasteiger partial charge >= 0.3 is 14.8 Å². The molecule has 0 N–H and O–H groups in total. The first kappa shape index (κ1) is 29.2. The Balaban J connectivity index is 2.29. The van der Waals surface area contributed by atoms with E-state index in [0.29, 0.717) is 37.9 Å². The number of methoxy groups -OCH3 is 2. The summed E-state index contributed by atoms with van der Waals surface area (Å²) in [7, 11) is 0.459. The molecule has 8 heteroatoms. The molecule has 0 atom stereocenters. The van der Waals surface area contributed by atoms with Crippen molar-refractivity contribution in [1.29, 1.82) is 0 Å². The van der Waals surface area contributed by atoms with E-state index in [1.807, 2.05) is 39.0 Å². The third-order valence-electron chi connectivity index (χ3n) is 5.03. The summed E-state index contributed by atoms with van der Waals surface area (Å²) >= 11 is 0. The van der Waals surface area contributed by atoms with E-state index in [1.165, 1.54) is 26.0 Å². The average molecular weight is 483 g/mol. The highest BCUT2D eigenvalue weighted by Crippen LogP contribution is 2.29. The fourth-order valence-electron chi connectivity index (χ4n) is 3.47. The Bertz CT molecular complexity index is 676. The molecule has 1 aromatic carbocycles. The van der Waals surface area contributed by atoms with Crippen LogP contribution >= 0.6 is 0 Å². The van der Waals surface area contributed by atoms with Gasteiger partial charge in [0.15, 0.2) is 11.5 Å². The van der Waals surface area contributed by atoms with Crippen molar-refractivity contribution in [3.8, 4) is 11.5 Å². The molecule has 1 aromatic rings. The molecule has 0 spiro atoms. The largest absolute Gasteiger partial charge is 0.500 e. The number of hydrogen-bond donors (Lipinski definition) is 0. The Labute approximate surface area is 200 Å². The number of ether oxygens (including phenoxy) is 3. The van der Waals surface area contributed by atoms with Gasteiger partial charge in [-0.2, -0.15) is 0 Å². The van der Waals surface area contributed by atoms with Gasteiger partial charge in [0.1, 0.15) is 0 Å². The lowest BCUT2D eigenvalue weighted by Gasteiger charge is -2.28. The zero-order chi connectivity index (χ0) is 24.4. The number of rotatable bonds is 19. The first-order valence-corrected chi connectivity index (χ1v) is 14.0. The number of benzene rings is 1. The van der Waals surface area contributed by atoms with E-state index in [9.17, 15) is 4.79 Å². The van der Waals surface area contributed by atoms with Crippen LogP contribution in [-0.2, 0) is 22.8 Å². The van der Waals surface area contributed by atoms with Crippen LogP contribution in [0.4, 0.5) is 0 Å². The van der Waals surface area contributed by atoms with E-state index >= 15 is 0 Å². The van der Waals surface area contributed by atoms with E-state index in [1.54, 1.807) is 13.2 Å². The minimum Gasteiger partial charge on any atom is -0.493 e. The molecule has 0 aliphatic rings. The lowest BCUT2D eigenvalue weighted by Crippen LogP contribution is -2.45. The summed E-state index contributed by atoms with van der Waals surface area (Å²) in [6.07, 6.45) is 9.73. The quantitative estimate of drug-likeness (QED) is 0.109. The molecule has 0 saturated carbocycles. The topological polar surface area (TPSA) is 72.5 Å². The second-order valence-electron chi connectivity index (χ2n) is 7.47. The van der Waals surface area contributed by atoms with Crippen LogP contribution in [0.15, 0.2) is 24.3 Å². The Kier molecular flexibility index (Phi) is 15.5. The summed E-state index contributed by atoms with van der Waals surface area (Å²) in [4.78, 5) is 11.2. The van der Waals surface area contributed by atoms with E-state index in [4.69, 9.17) is 22.8 Å². The van der Waals surface area contributed by atoms with Crippen molar-refractivity contribution in [3.05, 3.63) is 29.8 Å². The van der Waals surface area contributed by atoms with Crippen LogP contribution in [0, 0.1) is 0 Å². The van der Waals surface area contributed by atoms with Crippen LogP contribution in [0.3, 0.4) is 0 Å². The van der Waals surface area contributed by atoms with Crippen molar-refractivity contribution >= 4 is 20.8 Å². The number of carbonyl (C=O) groups is 1. The van der Waals surface area contributed by atoms with Crippen LogP contribution in [0.5, 0.6) is 11.5 Å². The number of hydrogen-bond acceptors (Lipinski definition) is 7. The molecule has 0 saturated heterocycles. The minimum absolute atomic E-state index is 0.395. The van der Waals surface area contributed by atoms with Crippen molar-refractivity contribution in [2.24, 2.45) is 0 Å². The second kappa shape index (κ2) is 17.6. The lowest BCUT2D eigenvalue weighted by molar-refractivity contribution is -0.134. The van der Waals surface area contributed by atoms with Crippen LogP contribution < -0.4 is 9.47 Å². The van der Waals surface area contributed by atoms with Crippen molar-refractivity contribution in [2.75, 3.05) is 40.6 Å². The second-order valence-corrected chi connectivity index (χ2v) is 10.2. The summed E-state index contributed by atoms with van der Waals surface area (Å²) < 4.78 is 33.7. The first-order valence-electron chi connectivity index (χ1n) is 12.0. The van der Waals surface area contributed by atoms with E-state index in [-0.39, 0.29) is 0 Å². The highest BCUT2D eigenvalue weighted by molar-refractivity contribution is 6.60. The third-order valence-corrected chi connectivity index (χ3v) is 8.18. The molecule has 1 rings (SSSR count). The van der Waals surface area contributed by atoms with Crippen molar-refractivity contribution < 1.29 is 32.3 Å². The predicted octanol–water partition coefficient (Wildman–Crippen LogP) is 5.65. The summed E-state index contributed by atoms with van der Waals surface area (Å²) in [5.74, 6) is 0.956. The van der Waals surface area contributed by atoms with E-state index < -0.39 is 14.8 Å². The van der Waals surface area contributed by atoms with Crippen LogP contribution in [0.25, 0.3) is 6.08 Å². The highest BCUT2D eigenvalue weighted by Gasteiger charge is 2.39. The smallest absolute Gasteiger partial charge is 0.493 e. The van der Waals surface area contributed by atoms with Crippen LogP contribution in [0.1, 0.15) is 64.9 Å². The Morgan fingerprint density at radius 3 is 2.03 bits per heavy atom. The van der Waals surface area contributed by atoms with Gasteiger partial charge in [-0.3, -0.25) is 0 Å². The average Bonchev–Trinajstić information content (AvgIpc) is 2.82. The molecule has 0 aromatic heterocycles. The standard InChI is InChI=1S/C25H42O7Si/c1-6-30-33(31-7-2,32-8-3)20-14-12-10-9-11-13-19-29-23-17-15-22(21-24(23)27-4)16-18-25(26)28-5/h15-18,21H,6-14,19-20H2,1-5H3. The predicted molar refractivity (Wildman–Crippen MR) is 133 cm³/mol. The number of unbranched alkanes of at least 4 members (excludes halogenated alkanes) is 5. The van der Waals surface area contributed by atoms with Gasteiger partial charge in [0.2, 0.25) is 0 Å². The molecule has 188 valence electrons. The molecule has 0 unspecified atom stereocenters. The Morgan fingerprint density at radius 2 is 1.45 bits per heavy atom. The molecule has 0 radical (unpaired) electrons. The van der Waals surface area contributed by atoms with Crippen molar-refractivity contribution in [2.45, 2.75) is 65.3 Å². The zero-order valence-corrected chi connectivity index (χ0v) is 22.0. The fraction of sp³-hybridized carbons (Fsp3) is 0.640. The highest BCUT2D eigenvalue weighted by atomic mass is 28.4. The zero-order valence-electron chi connectivity index (χ0n) is 21.0. The molecule has 0 fully saturated rings. The SMILES string of the molecule is CCO[Si](CCCCCCCCOc1ccc(C=CC(=O)OC)cc1OC)(OCC)OCC. The fourth-order valence-corrected chi connectivity index (χ4v) is 6.16. The van der Waals surface area contributed by atoms with Crippen molar-refractivity contribution in [3.63, 3.8) is 0 Å². The molecule has 0 aliphatic carbocycles. The van der Waals surface area contributed by atoms with Gasteiger partial charge in [-0.15, -0.1) is 0 Å². The normalized spacial score (nSPS) is 11.7. The summed E-state index contributed by atoms with van der Waals surface area (Å²) in [6.45, 7) is 8.51. The molecule has 33 heavy (non-hydrogen) atoms. The monoisotopic (exact) mass is 482 g/mol. The number of carbonyl (C=O) groups excluding carboxylic acids is 1. The van der Waals surface area contributed by atoms with E-state index in [2.05, 4.69) is 4.74 Å². The Hall–Kier alpha value is -1.87. The maximum Gasteiger partial charge on any atom is 0.500 e. The first-order chi connectivity index (χ1) is 16.0. The minimum atomic E-state index is -2.50. The Morgan fingerprint density at radius 1 is 0.848 bits per heavy atom. The maximum absolute atomic E-state index is 11.2. The molecule has 0 amide bonds. The van der Waals surface area contributed by atoms with Gasteiger partial charge in [-0.25, -0.2) is 4.79 Å². The molecular formula is C25H42O7Si. The van der Waals surface area contributed by atoms with Gasteiger partial charge in [0, 0.05) is 31.9 Å². The summed E-state index contributed by atoms with van der Waals surface area (Å²) in [5.41, 5.74) is 0.842. The summed E-state index contributed by atoms with van der Waals surface area (Å²) in [6, 6.07) is 6.47. The van der Waals surface area contributed by atoms with Gasteiger partial charge in [-0.1, -0.05) is 31.7 Å². The lowest BCUT2D eigenvalue weighted by atomic mass is 10.1. The molecule has 0 aliphatic heterocycles. The van der Waals surface area contributed by atoms with Gasteiger partial charge in [-0.05, 0) is 57.4 Å². The molecule has 7 nitrogen and oxygen atoms in total. The van der Waals surface area contributed by atoms with Gasteiger partial charge in [0.05, 0.1) is 20.8 Å². The summed E-state index contributed by atoms with van der Waals surface area (Å²) in [5, 5.41) is 0. The molecule has 0 bridgehead atoms. The van der Waals surface area contributed by atoms with Crippen LogP contribution in [0.2, 0.25) is 6.04 Å². The molecule has 0 heterocycles.